The Bertz CT molecular complexity index is 371. The molecule has 1 aromatic heterocycles. The number of anilines is 1. The minimum Gasteiger partial charge on any atom is -0.381 e. The van der Waals surface area contributed by atoms with E-state index in [1.54, 1.807) is 13.2 Å². The SMILES string of the molecule is COC1CC(Nc2cc(Cl)nc(SC)n2)C1. The van der Waals surface area contributed by atoms with Gasteiger partial charge in [-0.1, -0.05) is 23.4 Å². The second-order valence-corrected chi connectivity index (χ2v) is 4.89. The average Bonchev–Trinajstić information content (AvgIpc) is 2.22. The quantitative estimate of drug-likeness (QED) is 0.511. The van der Waals surface area contributed by atoms with Crippen LogP contribution in [0.5, 0.6) is 0 Å². The maximum atomic E-state index is 5.90. The maximum Gasteiger partial charge on any atom is 0.190 e. The van der Waals surface area contributed by atoms with Crippen LogP contribution in [-0.4, -0.2) is 35.5 Å². The van der Waals surface area contributed by atoms with Crippen LogP contribution in [0.1, 0.15) is 12.8 Å². The zero-order chi connectivity index (χ0) is 11.5. The highest BCUT2D eigenvalue weighted by atomic mass is 35.5. The summed E-state index contributed by atoms with van der Waals surface area (Å²) in [5, 5.41) is 4.50. The number of methoxy groups -OCH3 is 1. The first-order valence-electron chi connectivity index (χ1n) is 5.09. The molecule has 1 saturated carbocycles. The molecule has 16 heavy (non-hydrogen) atoms. The average molecular weight is 260 g/mol. The highest BCUT2D eigenvalue weighted by Crippen LogP contribution is 2.26. The molecule has 6 heteroatoms. The van der Waals surface area contributed by atoms with Gasteiger partial charge < -0.3 is 10.1 Å². The smallest absolute Gasteiger partial charge is 0.190 e. The van der Waals surface area contributed by atoms with Crippen LogP contribution in [0, 0.1) is 0 Å². The Balaban J connectivity index is 1.97. The highest BCUT2D eigenvalue weighted by Gasteiger charge is 2.29. The number of nitrogens with one attached hydrogen (secondary N) is 1. The van der Waals surface area contributed by atoms with Crippen LogP contribution in [0.25, 0.3) is 0 Å². The molecule has 1 N–H and O–H groups in total. The molecule has 0 aliphatic heterocycles. The van der Waals surface area contributed by atoms with E-state index < -0.39 is 0 Å². The van der Waals surface area contributed by atoms with Crippen molar-refractivity contribution in [3.8, 4) is 0 Å². The van der Waals surface area contributed by atoms with Gasteiger partial charge in [-0.2, -0.15) is 0 Å². The number of halogens is 1. The van der Waals surface area contributed by atoms with Crippen molar-refractivity contribution in [1.29, 1.82) is 0 Å². The van der Waals surface area contributed by atoms with E-state index in [2.05, 4.69) is 15.3 Å². The van der Waals surface area contributed by atoms with E-state index in [0.717, 1.165) is 18.7 Å². The van der Waals surface area contributed by atoms with E-state index in [1.165, 1.54) is 11.8 Å². The second-order valence-electron chi connectivity index (χ2n) is 3.73. The summed E-state index contributed by atoms with van der Waals surface area (Å²) < 4.78 is 5.22. The number of hydrogen-bond acceptors (Lipinski definition) is 5. The Morgan fingerprint density at radius 1 is 1.50 bits per heavy atom. The van der Waals surface area contributed by atoms with Crippen molar-refractivity contribution in [2.75, 3.05) is 18.7 Å². The first kappa shape index (κ1) is 12.0. The van der Waals surface area contributed by atoms with Crippen LogP contribution < -0.4 is 5.32 Å². The standard InChI is InChI=1S/C10H14ClN3OS/c1-15-7-3-6(4-7)12-9-5-8(11)13-10(14-9)16-2/h5-7H,3-4H2,1-2H3,(H,12,13,14). The van der Waals surface area contributed by atoms with Gasteiger partial charge in [0.05, 0.1) is 6.10 Å². The molecular formula is C10H14ClN3OS. The van der Waals surface area contributed by atoms with Gasteiger partial charge >= 0.3 is 0 Å². The highest BCUT2D eigenvalue weighted by molar-refractivity contribution is 7.98. The summed E-state index contributed by atoms with van der Waals surface area (Å²) in [5.74, 6) is 0.795. The molecule has 0 atom stereocenters. The maximum absolute atomic E-state index is 5.90. The zero-order valence-corrected chi connectivity index (χ0v) is 10.8. The third-order valence-corrected chi connectivity index (χ3v) is 3.38. The molecule has 1 aromatic rings. The normalized spacial score (nSPS) is 23.9. The number of ether oxygens (including phenoxy) is 1. The van der Waals surface area contributed by atoms with Crippen molar-refractivity contribution in [1.82, 2.24) is 9.97 Å². The summed E-state index contributed by atoms with van der Waals surface area (Å²) in [6.07, 6.45) is 4.36. The summed E-state index contributed by atoms with van der Waals surface area (Å²) in [4.78, 5) is 8.43. The molecule has 0 unspecified atom stereocenters. The van der Waals surface area contributed by atoms with Gasteiger partial charge in [0.1, 0.15) is 11.0 Å². The lowest BCUT2D eigenvalue weighted by atomic mass is 9.89. The van der Waals surface area contributed by atoms with E-state index in [-0.39, 0.29) is 0 Å². The summed E-state index contributed by atoms with van der Waals surface area (Å²) in [5.41, 5.74) is 0. The fraction of sp³-hybridized carbons (Fsp3) is 0.600. The fourth-order valence-electron chi connectivity index (χ4n) is 1.65. The molecule has 2 rings (SSSR count). The van der Waals surface area contributed by atoms with Crippen LogP contribution in [0.2, 0.25) is 5.15 Å². The number of hydrogen-bond donors (Lipinski definition) is 1. The molecule has 4 nitrogen and oxygen atoms in total. The molecule has 0 saturated heterocycles. The van der Waals surface area contributed by atoms with Crippen LogP contribution in [0.3, 0.4) is 0 Å². The van der Waals surface area contributed by atoms with Gasteiger partial charge in [-0.15, -0.1) is 0 Å². The zero-order valence-electron chi connectivity index (χ0n) is 9.24. The van der Waals surface area contributed by atoms with Gasteiger partial charge in [0, 0.05) is 19.2 Å². The van der Waals surface area contributed by atoms with Gasteiger partial charge in [0.15, 0.2) is 5.16 Å². The number of aromatic nitrogens is 2. The van der Waals surface area contributed by atoms with Crippen molar-refractivity contribution in [3.63, 3.8) is 0 Å². The Morgan fingerprint density at radius 3 is 2.88 bits per heavy atom. The van der Waals surface area contributed by atoms with Crippen LogP contribution in [0.4, 0.5) is 5.82 Å². The van der Waals surface area contributed by atoms with Gasteiger partial charge in [-0.3, -0.25) is 0 Å². The fourth-order valence-corrected chi connectivity index (χ4v) is 2.26. The Labute approximate surface area is 104 Å². The number of nitrogens with zero attached hydrogens (tertiary/aromatic N) is 2. The topological polar surface area (TPSA) is 47.0 Å². The largest absolute Gasteiger partial charge is 0.381 e. The molecular weight excluding hydrogens is 246 g/mol. The van der Waals surface area contributed by atoms with Crippen molar-refractivity contribution >= 4 is 29.2 Å². The lowest BCUT2D eigenvalue weighted by Gasteiger charge is -2.34. The number of thioether (sulfide) groups is 1. The predicted molar refractivity (Wildman–Crippen MR) is 66.3 cm³/mol. The first-order chi connectivity index (χ1) is 7.71. The number of rotatable bonds is 4. The van der Waals surface area contributed by atoms with E-state index >= 15 is 0 Å². The van der Waals surface area contributed by atoms with E-state index in [1.807, 2.05) is 6.26 Å². The molecule has 88 valence electrons. The minimum absolute atomic E-state index is 0.384. The van der Waals surface area contributed by atoms with Crippen LogP contribution in [-0.2, 0) is 4.74 Å². The van der Waals surface area contributed by atoms with Crippen LogP contribution >= 0.6 is 23.4 Å². The third kappa shape index (κ3) is 2.78. The van der Waals surface area contributed by atoms with Gasteiger partial charge in [-0.25, -0.2) is 9.97 Å². The molecule has 0 aromatic carbocycles. The lowest BCUT2D eigenvalue weighted by molar-refractivity contribution is 0.0328. The van der Waals surface area contributed by atoms with Crippen molar-refractivity contribution in [2.24, 2.45) is 0 Å². The Kier molecular flexibility index (Phi) is 3.89. The molecule has 1 heterocycles. The second kappa shape index (κ2) is 5.21. The molecule has 0 radical (unpaired) electrons. The summed E-state index contributed by atoms with van der Waals surface area (Å²) >= 11 is 7.38. The first-order valence-corrected chi connectivity index (χ1v) is 6.69. The summed E-state index contributed by atoms with van der Waals surface area (Å²) in [6.45, 7) is 0. The molecule has 1 aliphatic carbocycles. The molecule has 1 fully saturated rings. The Hall–Kier alpha value is -0.520. The summed E-state index contributed by atoms with van der Waals surface area (Å²) in [7, 11) is 1.74. The van der Waals surface area contributed by atoms with Crippen molar-refractivity contribution in [3.05, 3.63) is 11.2 Å². The van der Waals surface area contributed by atoms with Gasteiger partial charge in [0.25, 0.3) is 0 Å². The summed E-state index contributed by atoms with van der Waals surface area (Å²) in [6, 6.07) is 2.19. The van der Waals surface area contributed by atoms with E-state index in [0.29, 0.717) is 22.5 Å². The van der Waals surface area contributed by atoms with Crippen LogP contribution in [0.15, 0.2) is 11.2 Å². The Morgan fingerprint density at radius 2 is 2.25 bits per heavy atom. The van der Waals surface area contributed by atoms with Crippen molar-refractivity contribution in [2.45, 2.75) is 30.1 Å². The molecule has 0 spiro atoms. The van der Waals surface area contributed by atoms with E-state index in [4.69, 9.17) is 16.3 Å². The minimum atomic E-state index is 0.384. The molecule has 0 amide bonds. The monoisotopic (exact) mass is 259 g/mol. The van der Waals surface area contributed by atoms with Gasteiger partial charge in [-0.05, 0) is 19.1 Å². The lowest BCUT2D eigenvalue weighted by Crippen LogP contribution is -2.40. The van der Waals surface area contributed by atoms with Crippen molar-refractivity contribution < 1.29 is 4.74 Å². The van der Waals surface area contributed by atoms with Gasteiger partial charge in [0.2, 0.25) is 0 Å². The third-order valence-electron chi connectivity index (χ3n) is 2.64. The predicted octanol–water partition coefficient (Wildman–Crippen LogP) is 2.44. The van der Waals surface area contributed by atoms with E-state index in [9.17, 15) is 0 Å². The molecule has 0 bridgehead atoms. The molecule has 1 aliphatic rings.